The van der Waals surface area contributed by atoms with Gasteiger partial charge in [-0.2, -0.15) is 0 Å². The molecule has 4 nitrogen and oxygen atoms in total. The fourth-order valence-corrected chi connectivity index (χ4v) is 1.49. The van der Waals surface area contributed by atoms with E-state index in [1.165, 1.54) is 6.42 Å². The normalized spacial score (nSPS) is 13.3. The van der Waals surface area contributed by atoms with E-state index in [4.69, 9.17) is 9.47 Å². The Kier molecular flexibility index (Phi) is 11.2. The Labute approximate surface area is 100 Å². The third-order valence-corrected chi connectivity index (χ3v) is 2.61. The number of nitrogens with one attached hydrogen (secondary N) is 1. The second-order valence-corrected chi connectivity index (χ2v) is 4.40. The van der Waals surface area contributed by atoms with Crippen LogP contribution >= 0.6 is 0 Å². The van der Waals surface area contributed by atoms with Crippen molar-refractivity contribution in [2.75, 3.05) is 60.7 Å². The number of methoxy groups -OCH3 is 2. The average Bonchev–Trinajstić information content (AvgIpc) is 2.26. The highest BCUT2D eigenvalue weighted by Crippen LogP contribution is 2.02. The van der Waals surface area contributed by atoms with E-state index in [0.29, 0.717) is 5.92 Å². The molecule has 0 spiro atoms. The van der Waals surface area contributed by atoms with E-state index >= 15 is 0 Å². The van der Waals surface area contributed by atoms with Gasteiger partial charge in [0.25, 0.3) is 0 Å². The molecule has 98 valence electrons. The molecule has 0 aromatic rings. The van der Waals surface area contributed by atoms with Crippen molar-refractivity contribution in [3.05, 3.63) is 0 Å². The minimum absolute atomic E-state index is 0.647. The molecular weight excluding hydrogens is 204 g/mol. The average molecular weight is 232 g/mol. The maximum atomic E-state index is 5.12. The lowest BCUT2D eigenvalue weighted by Gasteiger charge is -2.19. The highest BCUT2D eigenvalue weighted by molar-refractivity contribution is 4.58. The highest BCUT2D eigenvalue weighted by atomic mass is 16.5. The fourth-order valence-electron chi connectivity index (χ4n) is 1.49. The lowest BCUT2D eigenvalue weighted by Crippen LogP contribution is -2.32. The molecule has 0 saturated carbocycles. The maximum absolute atomic E-state index is 5.12. The molecule has 1 atom stereocenters. The van der Waals surface area contributed by atoms with Gasteiger partial charge in [-0.1, -0.05) is 6.92 Å². The van der Waals surface area contributed by atoms with Gasteiger partial charge in [0.2, 0.25) is 0 Å². The summed E-state index contributed by atoms with van der Waals surface area (Å²) in [5, 5.41) is 3.34. The van der Waals surface area contributed by atoms with Crippen LogP contribution in [0.2, 0.25) is 0 Å². The van der Waals surface area contributed by atoms with Crippen molar-refractivity contribution in [1.82, 2.24) is 10.2 Å². The lowest BCUT2D eigenvalue weighted by atomic mass is 10.1. The molecule has 0 aliphatic heterocycles. The molecule has 0 rings (SSSR count). The molecular formula is C12H28N2O2. The van der Waals surface area contributed by atoms with E-state index in [2.05, 4.69) is 24.2 Å². The molecule has 0 saturated heterocycles. The van der Waals surface area contributed by atoms with Crippen LogP contribution in [0.3, 0.4) is 0 Å². The van der Waals surface area contributed by atoms with Gasteiger partial charge in [-0.15, -0.1) is 0 Å². The first-order chi connectivity index (χ1) is 7.70. The number of hydrogen-bond acceptors (Lipinski definition) is 4. The van der Waals surface area contributed by atoms with Crippen molar-refractivity contribution < 1.29 is 9.47 Å². The third-order valence-electron chi connectivity index (χ3n) is 2.61. The Balaban J connectivity index is 3.27. The van der Waals surface area contributed by atoms with Crippen LogP contribution in [-0.4, -0.2) is 65.6 Å². The van der Waals surface area contributed by atoms with Gasteiger partial charge >= 0.3 is 0 Å². The van der Waals surface area contributed by atoms with Gasteiger partial charge in [-0.05, 0) is 25.9 Å². The van der Waals surface area contributed by atoms with Gasteiger partial charge in [-0.25, -0.2) is 0 Å². The summed E-state index contributed by atoms with van der Waals surface area (Å²) in [5.41, 5.74) is 0. The van der Waals surface area contributed by atoms with E-state index in [1.54, 1.807) is 14.2 Å². The third kappa shape index (κ3) is 10.4. The van der Waals surface area contributed by atoms with Gasteiger partial charge in [0.05, 0.1) is 6.61 Å². The predicted molar refractivity (Wildman–Crippen MR) is 67.9 cm³/mol. The minimum Gasteiger partial charge on any atom is -0.384 e. The fraction of sp³-hybridized carbons (Fsp3) is 1.00. The van der Waals surface area contributed by atoms with Gasteiger partial charge in [0.1, 0.15) is 0 Å². The second-order valence-electron chi connectivity index (χ2n) is 4.40. The Morgan fingerprint density at radius 1 is 1.12 bits per heavy atom. The molecule has 0 aliphatic rings. The zero-order chi connectivity index (χ0) is 12.2. The quantitative estimate of drug-likeness (QED) is 0.535. The highest BCUT2D eigenvalue weighted by Gasteiger charge is 2.03. The zero-order valence-corrected chi connectivity index (χ0v) is 11.3. The summed E-state index contributed by atoms with van der Waals surface area (Å²) in [4.78, 5) is 2.35. The summed E-state index contributed by atoms with van der Waals surface area (Å²) in [7, 11) is 5.66. The minimum atomic E-state index is 0.647. The van der Waals surface area contributed by atoms with Crippen LogP contribution in [0, 0.1) is 5.92 Å². The molecule has 1 unspecified atom stereocenters. The van der Waals surface area contributed by atoms with Crippen LogP contribution in [0.25, 0.3) is 0 Å². The van der Waals surface area contributed by atoms with Crippen molar-refractivity contribution in [2.24, 2.45) is 5.92 Å². The van der Waals surface area contributed by atoms with Gasteiger partial charge in [0, 0.05) is 40.5 Å². The van der Waals surface area contributed by atoms with Gasteiger partial charge in [0.15, 0.2) is 0 Å². The van der Waals surface area contributed by atoms with Crippen LogP contribution in [0.15, 0.2) is 0 Å². The summed E-state index contributed by atoms with van der Waals surface area (Å²) in [6.45, 7) is 8.06. The summed E-state index contributed by atoms with van der Waals surface area (Å²) in [6.07, 6.45) is 1.20. The molecule has 0 heterocycles. The molecule has 16 heavy (non-hydrogen) atoms. The zero-order valence-electron chi connectivity index (χ0n) is 11.3. The predicted octanol–water partition coefficient (Wildman–Crippen LogP) is 0.827. The van der Waals surface area contributed by atoms with E-state index in [0.717, 1.165) is 39.4 Å². The van der Waals surface area contributed by atoms with Gasteiger partial charge < -0.3 is 19.7 Å². The molecule has 0 radical (unpaired) electrons. The Morgan fingerprint density at radius 2 is 1.88 bits per heavy atom. The van der Waals surface area contributed by atoms with Crippen LogP contribution in [0.4, 0.5) is 0 Å². The summed E-state index contributed by atoms with van der Waals surface area (Å²) >= 11 is 0. The van der Waals surface area contributed by atoms with Crippen molar-refractivity contribution in [1.29, 1.82) is 0 Å². The lowest BCUT2D eigenvalue weighted by molar-refractivity contribution is 0.148. The van der Waals surface area contributed by atoms with Gasteiger partial charge in [-0.3, -0.25) is 0 Å². The van der Waals surface area contributed by atoms with Crippen LogP contribution < -0.4 is 5.32 Å². The van der Waals surface area contributed by atoms with Crippen molar-refractivity contribution in [3.63, 3.8) is 0 Å². The first-order valence-electron chi connectivity index (χ1n) is 6.07. The molecule has 0 fully saturated rings. The Hall–Kier alpha value is -0.160. The number of rotatable bonds is 11. The maximum Gasteiger partial charge on any atom is 0.0587 e. The van der Waals surface area contributed by atoms with Crippen LogP contribution in [-0.2, 0) is 9.47 Å². The molecule has 0 aromatic heterocycles. The standard InChI is InChI=1S/C12H28N2O2/c1-12(11-16-4)5-8-14(2)9-6-13-7-10-15-3/h12-13H,5-11H2,1-4H3. The largest absolute Gasteiger partial charge is 0.384 e. The Morgan fingerprint density at radius 3 is 2.50 bits per heavy atom. The Bertz CT molecular complexity index is 145. The molecule has 1 N–H and O–H groups in total. The van der Waals surface area contributed by atoms with Crippen LogP contribution in [0.5, 0.6) is 0 Å². The molecule has 0 bridgehead atoms. The molecule has 0 aromatic carbocycles. The van der Waals surface area contributed by atoms with E-state index < -0.39 is 0 Å². The molecule has 0 aliphatic carbocycles. The second kappa shape index (κ2) is 11.3. The monoisotopic (exact) mass is 232 g/mol. The van der Waals surface area contributed by atoms with E-state index in [1.807, 2.05) is 0 Å². The first-order valence-corrected chi connectivity index (χ1v) is 6.07. The number of hydrogen-bond donors (Lipinski definition) is 1. The van der Waals surface area contributed by atoms with E-state index in [9.17, 15) is 0 Å². The van der Waals surface area contributed by atoms with Crippen molar-refractivity contribution >= 4 is 0 Å². The summed E-state index contributed by atoms with van der Waals surface area (Å²) in [6, 6.07) is 0. The molecule has 4 heteroatoms. The summed E-state index contributed by atoms with van der Waals surface area (Å²) in [5.74, 6) is 0.647. The number of ether oxygens (including phenoxy) is 2. The topological polar surface area (TPSA) is 33.7 Å². The van der Waals surface area contributed by atoms with Crippen molar-refractivity contribution in [3.8, 4) is 0 Å². The SMILES string of the molecule is COCCNCCN(C)CCC(C)COC. The summed E-state index contributed by atoms with van der Waals surface area (Å²) < 4.78 is 10.1. The van der Waals surface area contributed by atoms with Crippen molar-refractivity contribution in [2.45, 2.75) is 13.3 Å². The molecule has 0 amide bonds. The van der Waals surface area contributed by atoms with Crippen LogP contribution in [0.1, 0.15) is 13.3 Å². The number of likely N-dealkylation sites (N-methyl/N-ethyl adjacent to an activating group) is 1. The van der Waals surface area contributed by atoms with E-state index in [-0.39, 0.29) is 0 Å². The number of nitrogens with zero attached hydrogens (tertiary/aromatic N) is 1. The smallest absolute Gasteiger partial charge is 0.0587 e. The first kappa shape index (κ1) is 15.8.